The van der Waals surface area contributed by atoms with Crippen LogP contribution in [0.5, 0.6) is 0 Å². The summed E-state index contributed by atoms with van der Waals surface area (Å²) in [5, 5.41) is 23.8. The maximum Gasteiger partial charge on any atom is 0.312 e. The molecule has 35 heavy (non-hydrogen) atoms. The topological polar surface area (TPSA) is 108 Å². The molecule has 1 N–H and O–H groups in total. The molecule has 0 aliphatic heterocycles. The molecular formula is C24H22Cl2N6O3. The average molecular weight is 513 g/mol. The number of rotatable bonds is 7. The molecule has 0 fully saturated rings. The Kier molecular flexibility index (Phi) is 6.90. The van der Waals surface area contributed by atoms with E-state index >= 15 is 0 Å². The highest BCUT2D eigenvalue weighted by atomic mass is 35.5. The van der Waals surface area contributed by atoms with Gasteiger partial charge in [-0.1, -0.05) is 41.4 Å². The van der Waals surface area contributed by atoms with Crippen LogP contribution < -0.4 is 5.32 Å². The summed E-state index contributed by atoms with van der Waals surface area (Å²) in [6.07, 6.45) is 0. The van der Waals surface area contributed by atoms with Crippen molar-refractivity contribution < 1.29 is 9.72 Å². The van der Waals surface area contributed by atoms with Crippen LogP contribution in [0.15, 0.2) is 48.5 Å². The van der Waals surface area contributed by atoms with Crippen molar-refractivity contribution in [3.8, 4) is 0 Å². The Morgan fingerprint density at radius 3 is 2.37 bits per heavy atom. The molecule has 0 aliphatic carbocycles. The van der Waals surface area contributed by atoms with E-state index in [0.717, 1.165) is 16.8 Å². The zero-order chi connectivity index (χ0) is 25.3. The molecule has 2 aromatic heterocycles. The van der Waals surface area contributed by atoms with Crippen LogP contribution in [0.3, 0.4) is 0 Å². The number of halogens is 2. The molecule has 9 nitrogen and oxygen atoms in total. The summed E-state index contributed by atoms with van der Waals surface area (Å²) in [4.78, 5) is 23.7. The van der Waals surface area contributed by atoms with Gasteiger partial charge in [-0.25, -0.2) is 0 Å². The van der Waals surface area contributed by atoms with Gasteiger partial charge < -0.3 is 5.32 Å². The summed E-state index contributed by atoms with van der Waals surface area (Å²) in [5.41, 5.74) is 3.85. The summed E-state index contributed by atoms with van der Waals surface area (Å²) in [7, 11) is 0. The van der Waals surface area contributed by atoms with Crippen molar-refractivity contribution in [1.29, 1.82) is 0 Å². The van der Waals surface area contributed by atoms with Gasteiger partial charge in [0.2, 0.25) is 0 Å². The van der Waals surface area contributed by atoms with Gasteiger partial charge in [0, 0.05) is 17.3 Å². The van der Waals surface area contributed by atoms with Gasteiger partial charge in [0.15, 0.2) is 5.82 Å². The van der Waals surface area contributed by atoms with E-state index in [2.05, 4.69) is 15.5 Å². The average Bonchev–Trinajstić information content (AvgIpc) is 3.28. The van der Waals surface area contributed by atoms with E-state index in [9.17, 15) is 14.9 Å². The van der Waals surface area contributed by atoms with Gasteiger partial charge in [-0.15, -0.1) is 0 Å². The Labute approximate surface area is 211 Å². The number of aryl methyl sites for hydroxylation is 2. The predicted octanol–water partition coefficient (Wildman–Crippen LogP) is 5.57. The quantitative estimate of drug-likeness (QED) is 0.257. The highest BCUT2D eigenvalue weighted by Crippen LogP contribution is 2.24. The van der Waals surface area contributed by atoms with Crippen LogP contribution in [0.2, 0.25) is 10.0 Å². The van der Waals surface area contributed by atoms with Gasteiger partial charge in [-0.05, 0) is 56.2 Å². The molecule has 1 amide bonds. The Morgan fingerprint density at radius 2 is 1.69 bits per heavy atom. The van der Waals surface area contributed by atoms with Gasteiger partial charge in [-0.2, -0.15) is 10.2 Å². The first-order valence-corrected chi connectivity index (χ1v) is 11.4. The van der Waals surface area contributed by atoms with Crippen molar-refractivity contribution in [3.63, 3.8) is 0 Å². The minimum atomic E-state index is -0.430. The number of carbonyl (C=O) groups is 1. The van der Waals surface area contributed by atoms with Gasteiger partial charge >= 0.3 is 5.69 Å². The number of aromatic nitrogens is 4. The fourth-order valence-electron chi connectivity index (χ4n) is 3.82. The molecule has 0 bridgehead atoms. The highest BCUT2D eigenvalue weighted by molar-refractivity contribution is 6.42. The Hall–Kier alpha value is -3.69. The molecule has 4 aromatic rings. The molecule has 0 atom stereocenters. The number of hydrogen-bond donors (Lipinski definition) is 1. The summed E-state index contributed by atoms with van der Waals surface area (Å²) >= 11 is 12.1. The fraction of sp³-hybridized carbons (Fsp3) is 0.208. The van der Waals surface area contributed by atoms with Gasteiger partial charge in [0.1, 0.15) is 11.4 Å². The first-order valence-electron chi connectivity index (χ1n) is 10.7. The molecular weight excluding hydrogens is 491 g/mol. The van der Waals surface area contributed by atoms with Gasteiger partial charge in [-0.3, -0.25) is 24.3 Å². The zero-order valence-corrected chi connectivity index (χ0v) is 20.8. The van der Waals surface area contributed by atoms with E-state index in [1.807, 2.05) is 19.1 Å². The zero-order valence-electron chi connectivity index (χ0n) is 19.2. The van der Waals surface area contributed by atoms with E-state index in [1.165, 1.54) is 0 Å². The SMILES string of the molecule is Cc1nn(Cc2cccc(C(=O)Nc3cc(C)n(Cc4ccc(Cl)c(Cl)c4)n3)c2)c(C)c1[N+](=O)[O-]. The molecule has 2 aromatic carbocycles. The van der Waals surface area contributed by atoms with Crippen molar-refractivity contribution in [2.45, 2.75) is 33.9 Å². The molecule has 0 spiro atoms. The Morgan fingerprint density at radius 1 is 0.971 bits per heavy atom. The molecule has 0 unspecified atom stereocenters. The van der Waals surface area contributed by atoms with Gasteiger partial charge in [0.25, 0.3) is 5.91 Å². The van der Waals surface area contributed by atoms with Crippen molar-refractivity contribution >= 4 is 40.6 Å². The van der Waals surface area contributed by atoms with Crippen LogP contribution in [0.25, 0.3) is 0 Å². The number of benzene rings is 2. The minimum Gasteiger partial charge on any atom is -0.305 e. The third-order valence-corrected chi connectivity index (χ3v) is 6.33. The first-order chi connectivity index (χ1) is 16.6. The molecule has 180 valence electrons. The molecule has 0 aliphatic rings. The van der Waals surface area contributed by atoms with E-state index in [4.69, 9.17) is 23.2 Å². The molecule has 0 radical (unpaired) electrons. The third kappa shape index (κ3) is 5.36. The van der Waals surface area contributed by atoms with Crippen molar-refractivity contribution in [1.82, 2.24) is 19.6 Å². The number of amides is 1. The number of hydrogen-bond acceptors (Lipinski definition) is 5. The standard InChI is InChI=1S/C24H22Cl2N6O3/c1-14-9-22(29-30(14)12-18-7-8-20(25)21(26)11-18)27-24(33)19-6-4-5-17(10-19)13-31-16(3)23(32(34)35)15(2)28-31/h4-11H,12-13H2,1-3H3,(H,27,29,33). The summed E-state index contributed by atoms with van der Waals surface area (Å²) in [6.45, 7) is 5.94. The van der Waals surface area contributed by atoms with E-state index in [-0.39, 0.29) is 11.6 Å². The molecule has 0 saturated heterocycles. The summed E-state index contributed by atoms with van der Waals surface area (Å²) in [6, 6.07) is 14.2. The van der Waals surface area contributed by atoms with Crippen molar-refractivity contribution in [3.05, 3.63) is 102 Å². The lowest BCUT2D eigenvalue weighted by atomic mass is 10.1. The molecule has 4 rings (SSSR count). The summed E-state index contributed by atoms with van der Waals surface area (Å²) < 4.78 is 3.33. The van der Waals surface area contributed by atoms with Crippen molar-refractivity contribution in [2.24, 2.45) is 0 Å². The van der Waals surface area contributed by atoms with Crippen LogP contribution in [0, 0.1) is 30.9 Å². The number of nitrogens with zero attached hydrogens (tertiary/aromatic N) is 5. The van der Waals surface area contributed by atoms with Crippen molar-refractivity contribution in [2.75, 3.05) is 5.32 Å². The highest BCUT2D eigenvalue weighted by Gasteiger charge is 2.22. The number of carbonyl (C=O) groups excluding carboxylic acids is 1. The Bertz CT molecular complexity index is 1440. The smallest absolute Gasteiger partial charge is 0.305 e. The second-order valence-electron chi connectivity index (χ2n) is 8.17. The maximum atomic E-state index is 12.9. The lowest BCUT2D eigenvalue weighted by Crippen LogP contribution is -2.14. The van der Waals surface area contributed by atoms with E-state index in [1.54, 1.807) is 59.6 Å². The number of nitrogens with one attached hydrogen (secondary N) is 1. The minimum absolute atomic E-state index is 0.00530. The van der Waals surface area contributed by atoms with E-state index < -0.39 is 4.92 Å². The molecule has 0 saturated carbocycles. The number of anilines is 1. The van der Waals surface area contributed by atoms with Crippen LogP contribution in [0.1, 0.15) is 38.6 Å². The Balaban J connectivity index is 1.48. The predicted molar refractivity (Wildman–Crippen MR) is 134 cm³/mol. The second kappa shape index (κ2) is 9.89. The second-order valence-corrected chi connectivity index (χ2v) is 8.98. The fourth-order valence-corrected chi connectivity index (χ4v) is 4.14. The number of nitro groups is 1. The molecule has 2 heterocycles. The maximum absolute atomic E-state index is 12.9. The van der Waals surface area contributed by atoms with Crippen LogP contribution in [0.4, 0.5) is 11.5 Å². The normalized spacial score (nSPS) is 11.0. The lowest BCUT2D eigenvalue weighted by Gasteiger charge is -2.07. The third-order valence-electron chi connectivity index (χ3n) is 5.59. The molecule has 11 heteroatoms. The monoisotopic (exact) mass is 512 g/mol. The lowest BCUT2D eigenvalue weighted by molar-refractivity contribution is -0.386. The van der Waals surface area contributed by atoms with Gasteiger partial charge in [0.05, 0.1) is 28.1 Å². The largest absolute Gasteiger partial charge is 0.312 e. The summed E-state index contributed by atoms with van der Waals surface area (Å²) in [5.74, 6) is 0.109. The van der Waals surface area contributed by atoms with E-state index in [0.29, 0.717) is 45.9 Å². The van der Waals surface area contributed by atoms with Crippen LogP contribution in [-0.4, -0.2) is 30.4 Å². The van der Waals surface area contributed by atoms with Crippen LogP contribution in [-0.2, 0) is 13.1 Å². The van der Waals surface area contributed by atoms with Crippen LogP contribution >= 0.6 is 23.2 Å². The first kappa shape index (κ1) is 24.4.